The number of nitro groups is 1. The van der Waals surface area contributed by atoms with Crippen LogP contribution < -0.4 is 10.2 Å². The molecule has 1 atom stereocenters. The zero-order valence-corrected chi connectivity index (χ0v) is 11.0. The van der Waals surface area contributed by atoms with Crippen LogP contribution >= 0.6 is 0 Å². The molecule has 1 saturated heterocycles. The Kier molecular flexibility index (Phi) is 3.97. The van der Waals surface area contributed by atoms with Gasteiger partial charge in [-0.25, -0.2) is 9.69 Å². The molecule has 1 aromatic rings. The minimum absolute atomic E-state index is 0.153. The topological polar surface area (TPSA) is 92.6 Å². The predicted molar refractivity (Wildman–Crippen MR) is 72.4 cm³/mol. The van der Waals surface area contributed by atoms with E-state index in [1.54, 1.807) is 0 Å². The van der Waals surface area contributed by atoms with Gasteiger partial charge in [-0.05, 0) is 12.5 Å². The first-order valence-corrected chi connectivity index (χ1v) is 6.43. The molecule has 7 nitrogen and oxygen atoms in total. The Bertz CT molecular complexity index is 558. The molecule has 20 heavy (non-hydrogen) atoms. The number of amides is 3. The van der Waals surface area contributed by atoms with E-state index in [0.717, 1.165) is 17.7 Å². The van der Waals surface area contributed by atoms with Gasteiger partial charge in [0.1, 0.15) is 6.04 Å². The summed E-state index contributed by atoms with van der Waals surface area (Å²) in [6.45, 7) is 2.00. The number of anilines is 1. The number of urea groups is 1. The quantitative estimate of drug-likeness (QED) is 0.507. The highest BCUT2D eigenvalue weighted by Gasteiger charge is 2.38. The molecule has 0 saturated carbocycles. The van der Waals surface area contributed by atoms with E-state index in [9.17, 15) is 19.7 Å². The smallest absolute Gasteiger partial charge is 0.325 e. The molecule has 1 aliphatic rings. The number of rotatable bonds is 5. The third-order valence-electron chi connectivity index (χ3n) is 3.16. The van der Waals surface area contributed by atoms with Crippen molar-refractivity contribution in [2.45, 2.75) is 32.2 Å². The molecule has 0 spiro atoms. The van der Waals surface area contributed by atoms with E-state index in [2.05, 4.69) is 5.32 Å². The van der Waals surface area contributed by atoms with E-state index < -0.39 is 17.0 Å². The van der Waals surface area contributed by atoms with E-state index in [1.807, 2.05) is 6.92 Å². The first-order chi connectivity index (χ1) is 9.54. The molecule has 1 unspecified atom stereocenters. The number of benzene rings is 1. The summed E-state index contributed by atoms with van der Waals surface area (Å²) in [6.07, 6.45) is 2.34. The van der Waals surface area contributed by atoms with Gasteiger partial charge >= 0.3 is 6.03 Å². The lowest BCUT2D eigenvalue weighted by Gasteiger charge is -2.12. The molecule has 106 valence electrons. The Morgan fingerprint density at radius 3 is 2.80 bits per heavy atom. The Morgan fingerprint density at radius 1 is 1.40 bits per heavy atom. The second-order valence-electron chi connectivity index (χ2n) is 4.59. The van der Waals surface area contributed by atoms with Gasteiger partial charge in [-0.3, -0.25) is 14.9 Å². The van der Waals surface area contributed by atoms with E-state index in [4.69, 9.17) is 0 Å². The monoisotopic (exact) mass is 277 g/mol. The molecule has 1 fully saturated rings. The molecule has 2 rings (SSSR count). The number of carbonyl (C=O) groups is 2. The summed E-state index contributed by atoms with van der Waals surface area (Å²) in [6, 6.07) is 4.43. The number of unbranched alkanes of at least 4 members (excludes halogenated alkanes) is 1. The summed E-state index contributed by atoms with van der Waals surface area (Å²) >= 11 is 0. The maximum absolute atomic E-state index is 12.2. The van der Waals surface area contributed by atoms with Crippen molar-refractivity contribution in [3.05, 3.63) is 34.4 Å². The maximum Gasteiger partial charge on any atom is 0.329 e. The Labute approximate surface area is 115 Å². The number of nitro benzene ring substituents is 1. The van der Waals surface area contributed by atoms with Gasteiger partial charge in [-0.15, -0.1) is 0 Å². The number of imide groups is 1. The molecular formula is C13H15N3O4. The number of carbonyl (C=O) groups excluding carboxylic acids is 2. The van der Waals surface area contributed by atoms with Crippen molar-refractivity contribution < 1.29 is 14.5 Å². The summed E-state index contributed by atoms with van der Waals surface area (Å²) in [5.41, 5.74) is 0.0702. The molecule has 1 N–H and O–H groups in total. The third kappa shape index (κ3) is 2.61. The minimum Gasteiger partial charge on any atom is -0.325 e. The van der Waals surface area contributed by atoms with Crippen LogP contribution in [0.3, 0.4) is 0 Å². The second-order valence-corrected chi connectivity index (χ2v) is 4.59. The molecule has 1 aromatic carbocycles. The van der Waals surface area contributed by atoms with Gasteiger partial charge in [0.2, 0.25) is 0 Å². The van der Waals surface area contributed by atoms with Crippen LogP contribution in [0.1, 0.15) is 26.2 Å². The lowest BCUT2D eigenvalue weighted by molar-refractivity contribution is -0.384. The maximum atomic E-state index is 12.2. The van der Waals surface area contributed by atoms with Crippen molar-refractivity contribution in [3.8, 4) is 0 Å². The van der Waals surface area contributed by atoms with Gasteiger partial charge in [-0.1, -0.05) is 25.8 Å². The molecule has 7 heteroatoms. The number of hydrogen-bond acceptors (Lipinski definition) is 4. The first kappa shape index (κ1) is 14.0. The molecule has 0 aliphatic carbocycles. The van der Waals surface area contributed by atoms with Crippen molar-refractivity contribution in [1.82, 2.24) is 5.32 Å². The Morgan fingerprint density at radius 2 is 2.15 bits per heavy atom. The number of nitrogens with zero attached hydrogens (tertiary/aromatic N) is 2. The van der Waals surface area contributed by atoms with Crippen LogP contribution in [0.15, 0.2) is 24.3 Å². The van der Waals surface area contributed by atoms with Gasteiger partial charge in [0.15, 0.2) is 0 Å². The largest absolute Gasteiger partial charge is 0.329 e. The fraction of sp³-hybridized carbons (Fsp3) is 0.385. The number of non-ortho nitro benzene ring substituents is 1. The highest BCUT2D eigenvalue weighted by Crippen LogP contribution is 2.25. The lowest BCUT2D eigenvalue weighted by atomic mass is 10.1. The summed E-state index contributed by atoms with van der Waals surface area (Å²) in [5, 5.41) is 13.3. The van der Waals surface area contributed by atoms with E-state index >= 15 is 0 Å². The molecule has 0 aromatic heterocycles. The van der Waals surface area contributed by atoms with Crippen molar-refractivity contribution in [1.29, 1.82) is 0 Å². The fourth-order valence-electron chi connectivity index (χ4n) is 2.13. The average molecular weight is 277 g/mol. The average Bonchev–Trinajstić information content (AvgIpc) is 2.71. The zero-order valence-electron chi connectivity index (χ0n) is 11.0. The molecular weight excluding hydrogens is 262 g/mol. The first-order valence-electron chi connectivity index (χ1n) is 6.43. The van der Waals surface area contributed by atoms with Crippen molar-refractivity contribution in [2.75, 3.05) is 4.90 Å². The highest BCUT2D eigenvalue weighted by molar-refractivity contribution is 6.21. The van der Waals surface area contributed by atoms with Crippen molar-refractivity contribution >= 4 is 23.3 Å². The van der Waals surface area contributed by atoms with Gasteiger partial charge in [0.25, 0.3) is 11.6 Å². The van der Waals surface area contributed by atoms with Gasteiger partial charge < -0.3 is 5.32 Å². The van der Waals surface area contributed by atoms with Crippen molar-refractivity contribution in [3.63, 3.8) is 0 Å². The summed E-state index contributed by atoms with van der Waals surface area (Å²) in [5.74, 6) is -0.357. The third-order valence-corrected chi connectivity index (χ3v) is 3.16. The van der Waals surface area contributed by atoms with Gasteiger partial charge in [-0.2, -0.15) is 0 Å². The van der Waals surface area contributed by atoms with Crippen LogP contribution in [0.25, 0.3) is 0 Å². The SMILES string of the molecule is CCCCC1NC(=O)N(c2cccc([N+](=O)[O-])c2)C1=O. The van der Waals surface area contributed by atoms with Crippen LogP contribution in [0, 0.1) is 10.1 Å². The Balaban J connectivity index is 2.24. The summed E-state index contributed by atoms with van der Waals surface area (Å²) < 4.78 is 0. The van der Waals surface area contributed by atoms with E-state index in [1.165, 1.54) is 24.3 Å². The number of nitrogens with one attached hydrogen (secondary N) is 1. The lowest BCUT2D eigenvalue weighted by Crippen LogP contribution is -2.31. The van der Waals surface area contributed by atoms with Gasteiger partial charge in [0.05, 0.1) is 10.6 Å². The standard InChI is InChI=1S/C13H15N3O4/c1-2-3-7-11-12(17)15(13(18)14-11)9-5-4-6-10(8-9)16(19)20/h4-6,8,11H,2-3,7H2,1H3,(H,14,18). The van der Waals surface area contributed by atoms with Crippen LogP contribution in [0.2, 0.25) is 0 Å². The van der Waals surface area contributed by atoms with Crippen LogP contribution in [0.5, 0.6) is 0 Å². The molecule has 1 heterocycles. The normalized spacial score (nSPS) is 18.2. The van der Waals surface area contributed by atoms with Crippen LogP contribution in [-0.2, 0) is 4.79 Å². The Hall–Kier alpha value is -2.44. The molecule has 1 aliphatic heterocycles. The number of hydrogen-bond donors (Lipinski definition) is 1. The van der Waals surface area contributed by atoms with E-state index in [0.29, 0.717) is 6.42 Å². The van der Waals surface area contributed by atoms with Crippen molar-refractivity contribution in [2.24, 2.45) is 0 Å². The minimum atomic E-state index is -0.559. The summed E-state index contributed by atoms with van der Waals surface area (Å²) in [7, 11) is 0. The van der Waals surface area contributed by atoms with Gasteiger partial charge in [0, 0.05) is 12.1 Å². The zero-order chi connectivity index (χ0) is 14.7. The predicted octanol–water partition coefficient (Wildman–Crippen LogP) is 2.21. The summed E-state index contributed by atoms with van der Waals surface area (Å²) in [4.78, 5) is 35.2. The molecule has 0 radical (unpaired) electrons. The molecule has 3 amide bonds. The fourth-order valence-corrected chi connectivity index (χ4v) is 2.13. The van der Waals surface area contributed by atoms with E-state index in [-0.39, 0.29) is 17.3 Å². The van der Waals surface area contributed by atoms with Crippen LogP contribution in [0.4, 0.5) is 16.2 Å². The highest BCUT2D eigenvalue weighted by atomic mass is 16.6. The molecule has 0 bridgehead atoms. The van der Waals surface area contributed by atoms with Crippen LogP contribution in [-0.4, -0.2) is 22.9 Å². The second kappa shape index (κ2) is 5.68.